The fourth-order valence-electron chi connectivity index (χ4n) is 7.08. The Morgan fingerprint density at radius 2 is 0.655 bits per heavy atom. The summed E-state index contributed by atoms with van der Waals surface area (Å²) in [5.41, 5.74) is 0. The molecule has 0 fully saturated rings. The number of ether oxygens (including phenoxy) is 3. The number of unbranched alkanes of at least 4 members (excludes halogenated alkanes) is 28. The van der Waals surface area contributed by atoms with Gasteiger partial charge in [0.2, 0.25) is 0 Å². The fourth-order valence-corrected chi connectivity index (χ4v) is 7.08. The highest BCUT2D eigenvalue weighted by Crippen LogP contribution is 2.14. The minimum Gasteiger partial charge on any atom is -0.462 e. The number of carbonyl (C=O) groups excluding carboxylic acids is 3. The molecule has 0 heterocycles. The molecule has 6 heteroatoms. The van der Waals surface area contributed by atoms with Gasteiger partial charge in [0.25, 0.3) is 0 Å². The maximum absolute atomic E-state index is 12.7. The number of allylic oxidation sites excluding steroid dienone is 6. The summed E-state index contributed by atoms with van der Waals surface area (Å²) in [7, 11) is 0. The second-order valence-corrected chi connectivity index (χ2v) is 16.7. The van der Waals surface area contributed by atoms with E-state index in [0.29, 0.717) is 19.3 Å². The minimum atomic E-state index is -0.799. The van der Waals surface area contributed by atoms with E-state index in [9.17, 15) is 14.4 Å². The van der Waals surface area contributed by atoms with Crippen LogP contribution in [-0.2, 0) is 28.6 Å². The average Bonchev–Trinajstić information content (AvgIpc) is 3.22. The molecular formula is C52H94O6. The zero-order valence-corrected chi connectivity index (χ0v) is 38.6. The maximum Gasteiger partial charge on any atom is 0.306 e. The first-order valence-corrected chi connectivity index (χ1v) is 25.0. The van der Waals surface area contributed by atoms with Crippen LogP contribution in [0.25, 0.3) is 0 Å². The third-order valence-electron chi connectivity index (χ3n) is 10.9. The van der Waals surface area contributed by atoms with Gasteiger partial charge in [-0.2, -0.15) is 0 Å². The second kappa shape index (κ2) is 47.3. The van der Waals surface area contributed by atoms with E-state index >= 15 is 0 Å². The smallest absolute Gasteiger partial charge is 0.306 e. The van der Waals surface area contributed by atoms with Gasteiger partial charge in [-0.05, 0) is 64.2 Å². The molecule has 0 N–H and O–H groups in total. The van der Waals surface area contributed by atoms with Crippen molar-refractivity contribution in [2.24, 2.45) is 0 Å². The first kappa shape index (κ1) is 55.6. The molecule has 0 bridgehead atoms. The Hall–Kier alpha value is -2.37. The maximum atomic E-state index is 12.7. The number of hydrogen-bond acceptors (Lipinski definition) is 6. The minimum absolute atomic E-state index is 0.0935. The zero-order chi connectivity index (χ0) is 42.3. The van der Waals surface area contributed by atoms with Crippen LogP contribution in [0.3, 0.4) is 0 Å². The summed E-state index contributed by atoms with van der Waals surface area (Å²) in [5.74, 6) is -0.961. The van der Waals surface area contributed by atoms with Gasteiger partial charge >= 0.3 is 17.9 Å². The number of carbonyl (C=O) groups is 3. The number of rotatable bonds is 45. The number of esters is 3. The Bertz CT molecular complexity index is 984. The first-order chi connectivity index (χ1) is 28.5. The third kappa shape index (κ3) is 44.7. The Morgan fingerprint density at radius 1 is 0.345 bits per heavy atom. The molecule has 1 atom stereocenters. The van der Waals surface area contributed by atoms with Gasteiger partial charge in [0.15, 0.2) is 6.10 Å². The van der Waals surface area contributed by atoms with Gasteiger partial charge in [-0.3, -0.25) is 14.4 Å². The van der Waals surface area contributed by atoms with Crippen LogP contribution >= 0.6 is 0 Å². The van der Waals surface area contributed by atoms with Crippen molar-refractivity contribution in [3.63, 3.8) is 0 Å². The van der Waals surface area contributed by atoms with Gasteiger partial charge in [0, 0.05) is 19.3 Å². The van der Waals surface area contributed by atoms with Crippen molar-refractivity contribution in [2.45, 2.75) is 264 Å². The molecule has 0 saturated heterocycles. The molecule has 0 spiro atoms. The van der Waals surface area contributed by atoms with Gasteiger partial charge in [-0.25, -0.2) is 0 Å². The molecule has 58 heavy (non-hydrogen) atoms. The van der Waals surface area contributed by atoms with E-state index in [4.69, 9.17) is 14.2 Å². The lowest BCUT2D eigenvalue weighted by Crippen LogP contribution is -2.30. The summed E-state index contributed by atoms with van der Waals surface area (Å²) in [6, 6.07) is 0. The Morgan fingerprint density at radius 3 is 1.03 bits per heavy atom. The quantitative estimate of drug-likeness (QED) is 0.0264. The normalized spacial score (nSPS) is 12.3. The summed E-state index contributed by atoms with van der Waals surface area (Å²) in [6.07, 6.45) is 54.3. The molecular weight excluding hydrogens is 721 g/mol. The molecule has 0 aliphatic heterocycles. The van der Waals surface area contributed by atoms with Crippen LogP contribution in [0.4, 0.5) is 0 Å². The molecule has 0 rings (SSSR count). The fraction of sp³-hybridized carbons (Fsp3) is 0.827. The van der Waals surface area contributed by atoms with E-state index in [1.807, 2.05) is 6.08 Å². The summed E-state index contributed by atoms with van der Waals surface area (Å²) in [5, 5.41) is 0. The van der Waals surface area contributed by atoms with Crippen LogP contribution in [0.5, 0.6) is 0 Å². The second-order valence-electron chi connectivity index (χ2n) is 16.7. The molecule has 0 aromatic rings. The lowest BCUT2D eigenvalue weighted by atomic mass is 10.1. The predicted molar refractivity (Wildman–Crippen MR) is 247 cm³/mol. The van der Waals surface area contributed by atoms with Gasteiger partial charge in [0.05, 0.1) is 0 Å². The first-order valence-electron chi connectivity index (χ1n) is 25.0. The van der Waals surface area contributed by atoms with Gasteiger partial charge in [0.1, 0.15) is 13.2 Å². The standard InChI is InChI=1S/C52H94O6/c1-4-7-10-13-16-19-22-24-25-26-27-29-30-33-36-39-42-45-51(54)57-48-49(47-56-50(53)44-41-38-35-32-21-18-15-12-9-6-3)58-52(55)46-43-40-37-34-31-28-23-20-17-14-11-8-5-2/h24-25,28,31,37,40,49H,4-23,26-27,29-30,32-36,38-39,41-48H2,1-3H3/b25-24-,31-28-,40-37-. The van der Waals surface area contributed by atoms with E-state index in [1.165, 1.54) is 161 Å². The molecule has 338 valence electrons. The van der Waals surface area contributed by atoms with Crippen LogP contribution in [0, 0.1) is 0 Å². The molecule has 1 unspecified atom stereocenters. The lowest BCUT2D eigenvalue weighted by molar-refractivity contribution is -0.166. The van der Waals surface area contributed by atoms with Crippen molar-refractivity contribution in [1.29, 1.82) is 0 Å². The summed E-state index contributed by atoms with van der Waals surface area (Å²) in [4.78, 5) is 37.8. The highest BCUT2D eigenvalue weighted by molar-refractivity contribution is 5.71. The van der Waals surface area contributed by atoms with Crippen LogP contribution < -0.4 is 0 Å². The molecule has 0 aliphatic carbocycles. The van der Waals surface area contributed by atoms with E-state index in [-0.39, 0.29) is 37.5 Å². The average molecular weight is 815 g/mol. The summed E-state index contributed by atoms with van der Waals surface area (Å²) >= 11 is 0. The van der Waals surface area contributed by atoms with E-state index in [2.05, 4.69) is 51.2 Å². The van der Waals surface area contributed by atoms with Gasteiger partial charge in [-0.15, -0.1) is 0 Å². The van der Waals surface area contributed by atoms with Crippen LogP contribution in [0.1, 0.15) is 258 Å². The van der Waals surface area contributed by atoms with Crippen LogP contribution in [-0.4, -0.2) is 37.2 Å². The van der Waals surface area contributed by atoms with Gasteiger partial charge in [-0.1, -0.05) is 211 Å². The largest absolute Gasteiger partial charge is 0.462 e. The van der Waals surface area contributed by atoms with E-state index in [0.717, 1.165) is 51.4 Å². The predicted octanol–water partition coefficient (Wildman–Crippen LogP) is 16.1. The summed E-state index contributed by atoms with van der Waals surface area (Å²) < 4.78 is 16.7. The molecule has 0 amide bonds. The lowest BCUT2D eigenvalue weighted by Gasteiger charge is -2.18. The third-order valence-corrected chi connectivity index (χ3v) is 10.9. The molecule has 6 nitrogen and oxygen atoms in total. The van der Waals surface area contributed by atoms with E-state index < -0.39 is 6.10 Å². The molecule has 0 saturated carbocycles. The highest BCUT2D eigenvalue weighted by atomic mass is 16.6. The Labute approximate surface area is 359 Å². The topological polar surface area (TPSA) is 78.9 Å². The molecule has 0 aromatic heterocycles. The Balaban J connectivity index is 4.38. The Kier molecular flexibility index (Phi) is 45.4. The van der Waals surface area contributed by atoms with Crippen LogP contribution in [0.15, 0.2) is 36.5 Å². The van der Waals surface area contributed by atoms with Gasteiger partial charge < -0.3 is 14.2 Å². The van der Waals surface area contributed by atoms with Crippen molar-refractivity contribution in [3.05, 3.63) is 36.5 Å². The summed E-state index contributed by atoms with van der Waals surface area (Å²) in [6.45, 7) is 6.57. The zero-order valence-electron chi connectivity index (χ0n) is 38.6. The monoisotopic (exact) mass is 815 g/mol. The molecule has 0 aromatic carbocycles. The van der Waals surface area contributed by atoms with Crippen molar-refractivity contribution >= 4 is 17.9 Å². The van der Waals surface area contributed by atoms with Crippen molar-refractivity contribution in [1.82, 2.24) is 0 Å². The van der Waals surface area contributed by atoms with Crippen molar-refractivity contribution in [2.75, 3.05) is 13.2 Å². The van der Waals surface area contributed by atoms with Crippen LogP contribution in [0.2, 0.25) is 0 Å². The molecule has 0 aliphatic rings. The van der Waals surface area contributed by atoms with Crippen molar-refractivity contribution in [3.8, 4) is 0 Å². The SMILES string of the molecule is CCCCCCCC/C=C\C/C=C\CCC(=O)OC(COC(=O)CCCCCCCCC/C=C\CCCCCCCC)COC(=O)CCCCCCCCCCCC. The number of hydrogen-bond donors (Lipinski definition) is 0. The van der Waals surface area contributed by atoms with E-state index in [1.54, 1.807) is 0 Å². The highest BCUT2D eigenvalue weighted by Gasteiger charge is 2.19. The van der Waals surface area contributed by atoms with Crippen molar-refractivity contribution < 1.29 is 28.6 Å². The molecule has 0 radical (unpaired) electrons.